The fourth-order valence-corrected chi connectivity index (χ4v) is 3.12. The summed E-state index contributed by atoms with van der Waals surface area (Å²) in [6.45, 7) is 4.18. The molecule has 2 nitrogen and oxygen atoms in total. The predicted octanol–water partition coefficient (Wildman–Crippen LogP) is 4.74. The molecule has 0 heterocycles. The molecule has 0 aliphatic carbocycles. The number of thioether (sulfide) groups is 1. The molecule has 0 saturated carbocycles. The molecule has 0 bridgehead atoms. The van der Waals surface area contributed by atoms with Crippen LogP contribution in [0.25, 0.3) is 0 Å². The Morgan fingerprint density at radius 3 is 2.41 bits per heavy atom. The summed E-state index contributed by atoms with van der Waals surface area (Å²) in [6.07, 6.45) is 1.45. The van der Waals surface area contributed by atoms with E-state index in [-0.39, 0.29) is 11.9 Å². The van der Waals surface area contributed by atoms with E-state index in [1.165, 1.54) is 16.0 Å². The van der Waals surface area contributed by atoms with E-state index < -0.39 is 0 Å². The molecular weight excluding hydrogens is 290 g/mol. The van der Waals surface area contributed by atoms with E-state index in [9.17, 15) is 4.79 Å². The second-order valence-corrected chi connectivity index (χ2v) is 6.52. The summed E-state index contributed by atoms with van der Waals surface area (Å²) in [5, 5.41) is 3.13. The first-order valence-electron chi connectivity index (χ1n) is 7.73. The van der Waals surface area contributed by atoms with Crippen molar-refractivity contribution < 1.29 is 4.79 Å². The fourth-order valence-electron chi connectivity index (χ4n) is 2.27. The predicted molar refractivity (Wildman–Crippen MR) is 94.1 cm³/mol. The van der Waals surface area contributed by atoms with E-state index >= 15 is 0 Å². The third-order valence-electron chi connectivity index (χ3n) is 3.56. The van der Waals surface area contributed by atoms with Crippen molar-refractivity contribution in [3.8, 4) is 0 Å². The van der Waals surface area contributed by atoms with Crippen LogP contribution in [0.15, 0.2) is 59.5 Å². The summed E-state index contributed by atoms with van der Waals surface area (Å²) in [7, 11) is 0. The molecule has 0 aliphatic rings. The van der Waals surface area contributed by atoms with Gasteiger partial charge in [0.1, 0.15) is 0 Å². The summed E-state index contributed by atoms with van der Waals surface area (Å²) in [5.74, 6) is 0.926. The maximum atomic E-state index is 12.1. The van der Waals surface area contributed by atoms with Crippen molar-refractivity contribution in [3.05, 3.63) is 65.7 Å². The lowest BCUT2D eigenvalue weighted by Gasteiger charge is -2.17. The molecule has 0 aliphatic heterocycles. The average Bonchev–Trinajstić information content (AvgIpc) is 2.55. The highest BCUT2D eigenvalue weighted by Gasteiger charge is 2.12. The van der Waals surface area contributed by atoms with E-state index in [0.717, 1.165) is 12.2 Å². The lowest BCUT2D eigenvalue weighted by molar-refractivity contribution is -0.121. The fraction of sp³-hybridized carbons (Fsp3) is 0.316. The summed E-state index contributed by atoms with van der Waals surface area (Å²) in [4.78, 5) is 13.3. The van der Waals surface area contributed by atoms with Crippen molar-refractivity contribution >= 4 is 17.7 Å². The minimum absolute atomic E-state index is 0.109. The van der Waals surface area contributed by atoms with Crippen molar-refractivity contribution in [2.24, 2.45) is 0 Å². The van der Waals surface area contributed by atoms with E-state index in [2.05, 4.69) is 55.6 Å². The molecule has 1 N–H and O–H groups in total. The maximum Gasteiger partial charge on any atom is 0.221 e. The van der Waals surface area contributed by atoms with Gasteiger partial charge in [0.25, 0.3) is 0 Å². The molecule has 0 unspecified atom stereocenters. The van der Waals surface area contributed by atoms with Crippen LogP contribution < -0.4 is 5.32 Å². The van der Waals surface area contributed by atoms with E-state index in [0.29, 0.717) is 6.42 Å². The Morgan fingerprint density at radius 2 is 1.77 bits per heavy atom. The Hall–Kier alpha value is -1.74. The smallest absolute Gasteiger partial charge is 0.221 e. The van der Waals surface area contributed by atoms with Crippen LogP contribution in [-0.4, -0.2) is 11.7 Å². The van der Waals surface area contributed by atoms with Gasteiger partial charge in [0.15, 0.2) is 0 Å². The van der Waals surface area contributed by atoms with Gasteiger partial charge in [-0.15, -0.1) is 11.8 Å². The first kappa shape index (κ1) is 16.6. The van der Waals surface area contributed by atoms with Gasteiger partial charge >= 0.3 is 0 Å². The summed E-state index contributed by atoms with van der Waals surface area (Å²) >= 11 is 1.73. The molecule has 0 radical (unpaired) electrons. The Morgan fingerprint density at radius 1 is 1.09 bits per heavy atom. The van der Waals surface area contributed by atoms with Crippen LogP contribution in [0.4, 0.5) is 0 Å². The van der Waals surface area contributed by atoms with Crippen molar-refractivity contribution in [2.45, 2.75) is 37.6 Å². The molecule has 0 saturated heterocycles. The van der Waals surface area contributed by atoms with Crippen molar-refractivity contribution in [3.63, 3.8) is 0 Å². The van der Waals surface area contributed by atoms with Crippen molar-refractivity contribution in [1.82, 2.24) is 5.32 Å². The monoisotopic (exact) mass is 313 g/mol. The second-order valence-electron chi connectivity index (χ2n) is 5.35. The van der Waals surface area contributed by atoms with E-state index in [1.54, 1.807) is 11.8 Å². The summed E-state index contributed by atoms with van der Waals surface area (Å²) < 4.78 is 0. The molecule has 2 aromatic rings. The average molecular weight is 313 g/mol. The Balaban J connectivity index is 1.78. The minimum Gasteiger partial charge on any atom is -0.349 e. The van der Waals surface area contributed by atoms with Gasteiger partial charge in [-0.1, -0.05) is 55.0 Å². The van der Waals surface area contributed by atoms with E-state index in [1.807, 2.05) is 18.2 Å². The number of hydrogen-bond donors (Lipinski definition) is 1. The SMILES string of the molecule is CC[C@@H](NC(=O)CCSc1ccc(C)cc1)c1ccccc1. The van der Waals surface area contributed by atoms with Gasteiger partial charge in [-0.25, -0.2) is 0 Å². The molecule has 22 heavy (non-hydrogen) atoms. The molecule has 0 fully saturated rings. The molecule has 3 heteroatoms. The number of carbonyl (C=O) groups is 1. The number of benzene rings is 2. The van der Waals surface area contributed by atoms with Gasteiger partial charge in [0.05, 0.1) is 6.04 Å². The highest BCUT2D eigenvalue weighted by molar-refractivity contribution is 7.99. The van der Waals surface area contributed by atoms with Crippen molar-refractivity contribution in [1.29, 1.82) is 0 Å². The molecule has 1 atom stereocenters. The molecule has 0 spiro atoms. The van der Waals surface area contributed by atoms with Crippen LogP contribution in [0.1, 0.15) is 36.9 Å². The Labute approximate surface area is 137 Å². The summed E-state index contributed by atoms with van der Waals surface area (Å²) in [6, 6.07) is 18.7. The van der Waals surface area contributed by atoms with Crippen LogP contribution in [-0.2, 0) is 4.79 Å². The first-order valence-corrected chi connectivity index (χ1v) is 8.71. The zero-order valence-corrected chi connectivity index (χ0v) is 14.0. The zero-order valence-electron chi connectivity index (χ0n) is 13.2. The normalized spacial score (nSPS) is 11.9. The minimum atomic E-state index is 0.109. The number of aryl methyl sites for hydroxylation is 1. The largest absolute Gasteiger partial charge is 0.349 e. The van der Waals surface area contributed by atoms with Crippen LogP contribution in [0.3, 0.4) is 0 Å². The van der Waals surface area contributed by atoms with Gasteiger partial charge < -0.3 is 5.32 Å². The first-order chi connectivity index (χ1) is 10.7. The molecule has 2 rings (SSSR count). The second kappa shape index (κ2) is 8.64. The lowest BCUT2D eigenvalue weighted by Crippen LogP contribution is -2.28. The quantitative estimate of drug-likeness (QED) is 0.748. The number of carbonyl (C=O) groups excluding carboxylic acids is 1. The van der Waals surface area contributed by atoms with Crippen LogP contribution >= 0.6 is 11.8 Å². The zero-order chi connectivity index (χ0) is 15.8. The number of hydrogen-bond acceptors (Lipinski definition) is 2. The molecule has 116 valence electrons. The van der Waals surface area contributed by atoms with E-state index in [4.69, 9.17) is 0 Å². The standard InChI is InChI=1S/C19H23NOS/c1-3-18(16-7-5-4-6-8-16)20-19(21)13-14-22-17-11-9-15(2)10-12-17/h4-12,18H,3,13-14H2,1-2H3,(H,20,21)/t18-/m1/s1. The van der Waals surface area contributed by atoms with Crippen molar-refractivity contribution in [2.75, 3.05) is 5.75 Å². The van der Waals surface area contributed by atoms with Gasteiger partial charge in [-0.2, -0.15) is 0 Å². The Kier molecular flexibility index (Phi) is 6.53. The highest BCUT2D eigenvalue weighted by atomic mass is 32.2. The maximum absolute atomic E-state index is 12.1. The summed E-state index contributed by atoms with van der Waals surface area (Å²) in [5.41, 5.74) is 2.43. The number of amides is 1. The molecule has 2 aromatic carbocycles. The highest BCUT2D eigenvalue weighted by Crippen LogP contribution is 2.20. The lowest BCUT2D eigenvalue weighted by atomic mass is 10.0. The van der Waals surface area contributed by atoms with Gasteiger partial charge in [-0.05, 0) is 31.0 Å². The van der Waals surface area contributed by atoms with Gasteiger partial charge in [-0.3, -0.25) is 4.79 Å². The van der Waals surface area contributed by atoms with Gasteiger partial charge in [0.2, 0.25) is 5.91 Å². The third-order valence-corrected chi connectivity index (χ3v) is 4.58. The molecule has 0 aromatic heterocycles. The number of nitrogens with one attached hydrogen (secondary N) is 1. The Bertz CT molecular complexity index is 580. The van der Waals surface area contributed by atoms with Gasteiger partial charge in [0, 0.05) is 17.1 Å². The topological polar surface area (TPSA) is 29.1 Å². The third kappa shape index (κ3) is 5.23. The number of rotatable bonds is 7. The molecule has 1 amide bonds. The molecular formula is C19H23NOS. The van der Waals surface area contributed by atoms with Crippen LogP contribution in [0, 0.1) is 6.92 Å². The van der Waals surface area contributed by atoms with Crippen LogP contribution in [0.2, 0.25) is 0 Å². The van der Waals surface area contributed by atoms with Crippen LogP contribution in [0.5, 0.6) is 0 Å².